The minimum Gasteiger partial charge on any atom is -0.480 e. The second-order valence-corrected chi connectivity index (χ2v) is 4.09. The second kappa shape index (κ2) is 7.89. The molecule has 0 aromatic heterocycles. The van der Waals surface area contributed by atoms with Crippen LogP contribution in [-0.4, -0.2) is 40.9 Å². The van der Waals surface area contributed by atoms with Crippen LogP contribution in [-0.2, 0) is 4.79 Å². The van der Waals surface area contributed by atoms with E-state index in [0.717, 1.165) is 12.8 Å². The number of carboxylic acid groups (broad SMARTS) is 1. The van der Waals surface area contributed by atoms with Gasteiger partial charge in [0.1, 0.15) is 0 Å². The zero-order valence-electron chi connectivity index (χ0n) is 10.6. The van der Waals surface area contributed by atoms with Gasteiger partial charge in [0.2, 0.25) is 0 Å². The maximum absolute atomic E-state index is 11.4. The average molecular weight is 246 g/mol. The monoisotopic (exact) mass is 246 g/mol. The maximum atomic E-state index is 11.4. The molecule has 2 amide bonds. The van der Waals surface area contributed by atoms with Crippen molar-refractivity contribution in [1.29, 1.82) is 0 Å². The highest BCUT2D eigenvalue weighted by Gasteiger charge is 2.24. The second-order valence-electron chi connectivity index (χ2n) is 4.09. The summed E-state index contributed by atoms with van der Waals surface area (Å²) < 4.78 is 0. The van der Waals surface area contributed by atoms with Gasteiger partial charge in [-0.3, -0.25) is 0 Å². The number of carbonyl (C=O) groups excluding carboxylic acids is 1. The van der Waals surface area contributed by atoms with Crippen LogP contribution in [0.3, 0.4) is 0 Å². The smallest absolute Gasteiger partial charge is 0.328 e. The van der Waals surface area contributed by atoms with E-state index < -0.39 is 24.1 Å². The summed E-state index contributed by atoms with van der Waals surface area (Å²) in [6, 6.07) is -1.85. The lowest BCUT2D eigenvalue weighted by Crippen LogP contribution is -2.51. The number of aliphatic hydroxyl groups excluding tert-OH is 1. The van der Waals surface area contributed by atoms with Crippen LogP contribution in [0.5, 0.6) is 0 Å². The lowest BCUT2D eigenvalue weighted by atomic mass is 10.0. The molecule has 0 aliphatic rings. The first-order valence-electron chi connectivity index (χ1n) is 5.87. The standard InChI is InChI=1S/C11H22N2O4/c1-4-8(5-2)6-12-11(17)13-9(7(3)14)10(15)16/h7-9,14H,4-6H2,1-3H3,(H,15,16)(H2,12,13,17)/t7-,9+/m1/s1. The number of amides is 2. The van der Waals surface area contributed by atoms with Crippen molar-refractivity contribution in [2.75, 3.05) is 6.54 Å². The fraction of sp³-hybridized carbons (Fsp3) is 0.818. The third-order valence-electron chi connectivity index (χ3n) is 2.74. The molecule has 0 rings (SSSR count). The molecule has 0 spiro atoms. The number of hydrogen-bond acceptors (Lipinski definition) is 3. The van der Waals surface area contributed by atoms with Crippen LogP contribution >= 0.6 is 0 Å². The quantitative estimate of drug-likeness (QED) is 0.527. The number of carbonyl (C=O) groups is 2. The molecule has 0 saturated heterocycles. The van der Waals surface area contributed by atoms with Crippen molar-refractivity contribution in [2.24, 2.45) is 5.92 Å². The third kappa shape index (κ3) is 6.11. The van der Waals surface area contributed by atoms with Crippen LogP contribution in [0, 0.1) is 5.92 Å². The van der Waals surface area contributed by atoms with Gasteiger partial charge in [-0.2, -0.15) is 0 Å². The van der Waals surface area contributed by atoms with Crippen molar-refractivity contribution in [3.63, 3.8) is 0 Å². The molecule has 6 heteroatoms. The summed E-state index contributed by atoms with van der Waals surface area (Å²) in [7, 11) is 0. The highest BCUT2D eigenvalue weighted by molar-refractivity contribution is 5.82. The Morgan fingerprint density at radius 1 is 1.24 bits per heavy atom. The molecule has 0 aliphatic carbocycles. The number of aliphatic hydroxyl groups is 1. The van der Waals surface area contributed by atoms with Gasteiger partial charge in [0.15, 0.2) is 6.04 Å². The summed E-state index contributed by atoms with van der Waals surface area (Å²) >= 11 is 0. The van der Waals surface area contributed by atoms with Gasteiger partial charge in [-0.25, -0.2) is 9.59 Å². The van der Waals surface area contributed by atoms with Crippen LogP contribution in [0.2, 0.25) is 0 Å². The van der Waals surface area contributed by atoms with E-state index in [1.165, 1.54) is 6.92 Å². The van der Waals surface area contributed by atoms with E-state index in [9.17, 15) is 14.7 Å². The fourth-order valence-corrected chi connectivity index (χ4v) is 1.40. The topological polar surface area (TPSA) is 98.7 Å². The van der Waals surface area contributed by atoms with E-state index >= 15 is 0 Å². The number of hydrogen-bond donors (Lipinski definition) is 4. The lowest BCUT2D eigenvalue weighted by molar-refractivity contribution is -0.141. The van der Waals surface area contributed by atoms with E-state index in [4.69, 9.17) is 5.11 Å². The van der Waals surface area contributed by atoms with Gasteiger partial charge < -0.3 is 20.8 Å². The van der Waals surface area contributed by atoms with Crippen molar-refractivity contribution >= 4 is 12.0 Å². The summed E-state index contributed by atoms with van der Waals surface area (Å²) in [5.74, 6) is -0.867. The van der Waals surface area contributed by atoms with Gasteiger partial charge in [0, 0.05) is 6.54 Å². The minimum atomic E-state index is -1.28. The molecule has 0 fully saturated rings. The molecule has 0 saturated carbocycles. The average Bonchev–Trinajstić information content (AvgIpc) is 2.26. The summed E-state index contributed by atoms with van der Waals surface area (Å²) in [6.07, 6.45) is 0.775. The molecule has 4 N–H and O–H groups in total. The van der Waals surface area contributed by atoms with Crippen LogP contribution in [0.25, 0.3) is 0 Å². The van der Waals surface area contributed by atoms with Crippen molar-refractivity contribution in [3.8, 4) is 0 Å². The predicted octanol–water partition coefficient (Wildman–Crippen LogP) is 0.556. The van der Waals surface area contributed by atoms with Crippen molar-refractivity contribution in [1.82, 2.24) is 10.6 Å². The lowest BCUT2D eigenvalue weighted by Gasteiger charge is -2.19. The van der Waals surface area contributed by atoms with E-state index in [0.29, 0.717) is 12.5 Å². The first kappa shape index (κ1) is 15.7. The Kier molecular flexibility index (Phi) is 7.29. The van der Waals surface area contributed by atoms with Gasteiger partial charge in [0.25, 0.3) is 0 Å². The van der Waals surface area contributed by atoms with Crippen LogP contribution in [0.1, 0.15) is 33.6 Å². The number of rotatable bonds is 7. The van der Waals surface area contributed by atoms with Gasteiger partial charge in [0.05, 0.1) is 6.10 Å². The normalized spacial score (nSPS) is 14.2. The number of carboxylic acids is 1. The molecule has 0 aliphatic heterocycles. The van der Waals surface area contributed by atoms with Gasteiger partial charge in [-0.15, -0.1) is 0 Å². The number of nitrogens with one attached hydrogen (secondary N) is 2. The summed E-state index contributed by atoms with van der Waals surface area (Å²) in [4.78, 5) is 22.1. The molecule has 2 atom stereocenters. The zero-order valence-corrected chi connectivity index (χ0v) is 10.6. The van der Waals surface area contributed by atoms with Crippen LogP contribution < -0.4 is 10.6 Å². The van der Waals surface area contributed by atoms with Crippen molar-refractivity contribution in [3.05, 3.63) is 0 Å². The first-order chi connectivity index (χ1) is 7.92. The molecule has 0 aromatic rings. The molecule has 6 nitrogen and oxygen atoms in total. The summed E-state index contributed by atoms with van der Waals surface area (Å²) in [6.45, 7) is 5.89. The van der Waals surface area contributed by atoms with Gasteiger partial charge in [-0.05, 0) is 12.8 Å². The maximum Gasteiger partial charge on any atom is 0.328 e. The molecular formula is C11H22N2O4. The molecule has 0 bridgehead atoms. The number of aliphatic carboxylic acids is 1. The molecule has 0 unspecified atom stereocenters. The Labute approximate surface area is 101 Å². The highest BCUT2D eigenvalue weighted by Crippen LogP contribution is 2.04. The molecule has 0 heterocycles. The Balaban J connectivity index is 4.11. The van der Waals surface area contributed by atoms with Crippen LogP contribution in [0.4, 0.5) is 4.79 Å². The number of urea groups is 1. The van der Waals surface area contributed by atoms with Crippen LogP contribution in [0.15, 0.2) is 0 Å². The first-order valence-corrected chi connectivity index (χ1v) is 5.87. The molecule has 0 radical (unpaired) electrons. The largest absolute Gasteiger partial charge is 0.480 e. The van der Waals surface area contributed by atoms with E-state index in [1.807, 2.05) is 13.8 Å². The Morgan fingerprint density at radius 2 is 1.76 bits per heavy atom. The van der Waals surface area contributed by atoms with Gasteiger partial charge in [-0.1, -0.05) is 26.7 Å². The minimum absolute atomic E-state index is 0.385. The molecule has 17 heavy (non-hydrogen) atoms. The Hall–Kier alpha value is -1.30. The molecule has 0 aromatic carbocycles. The predicted molar refractivity (Wildman–Crippen MR) is 63.7 cm³/mol. The van der Waals surface area contributed by atoms with Gasteiger partial charge >= 0.3 is 12.0 Å². The summed E-state index contributed by atoms with van der Waals surface area (Å²) in [5, 5.41) is 22.8. The van der Waals surface area contributed by atoms with E-state index in [-0.39, 0.29) is 0 Å². The summed E-state index contributed by atoms with van der Waals surface area (Å²) in [5.41, 5.74) is 0. The van der Waals surface area contributed by atoms with E-state index in [1.54, 1.807) is 0 Å². The Bertz CT molecular complexity index is 252. The third-order valence-corrected chi connectivity index (χ3v) is 2.74. The SMILES string of the molecule is CCC(CC)CNC(=O)N[C@H](C(=O)O)[C@@H](C)O. The zero-order chi connectivity index (χ0) is 13.4. The highest BCUT2D eigenvalue weighted by atomic mass is 16.4. The fourth-order valence-electron chi connectivity index (χ4n) is 1.40. The van der Waals surface area contributed by atoms with E-state index in [2.05, 4.69) is 10.6 Å². The van der Waals surface area contributed by atoms with Crippen molar-refractivity contribution in [2.45, 2.75) is 45.8 Å². The molecular weight excluding hydrogens is 224 g/mol. The molecule has 100 valence electrons. The Morgan fingerprint density at radius 3 is 2.12 bits per heavy atom. The van der Waals surface area contributed by atoms with Crippen molar-refractivity contribution < 1.29 is 19.8 Å².